The van der Waals surface area contributed by atoms with Crippen molar-refractivity contribution >= 4 is 21.4 Å². The molecular weight excluding hydrogens is 382 g/mol. The van der Waals surface area contributed by atoms with E-state index in [2.05, 4.69) is 16.0 Å². The molecule has 2 saturated heterocycles. The van der Waals surface area contributed by atoms with Gasteiger partial charge in [-0.25, -0.2) is 8.42 Å². The van der Waals surface area contributed by atoms with Crippen molar-refractivity contribution in [2.75, 3.05) is 39.4 Å². The topological polar surface area (TPSA) is 62.7 Å². The molecule has 0 atom stereocenters. The van der Waals surface area contributed by atoms with Crippen molar-refractivity contribution in [1.29, 1.82) is 0 Å². The van der Waals surface area contributed by atoms with E-state index in [4.69, 9.17) is 4.74 Å². The van der Waals surface area contributed by atoms with Gasteiger partial charge in [0.25, 0.3) is 10.0 Å². The number of hydrogen-bond acceptors (Lipinski definition) is 6. The quantitative estimate of drug-likeness (QED) is 0.779. The fourth-order valence-electron chi connectivity index (χ4n) is 4.01. The first-order chi connectivity index (χ1) is 13.1. The zero-order valence-electron chi connectivity index (χ0n) is 15.3. The second-order valence-electron chi connectivity index (χ2n) is 7.46. The van der Waals surface area contributed by atoms with Gasteiger partial charge in [-0.3, -0.25) is 9.88 Å². The number of thiophene rings is 1. The third-order valence-corrected chi connectivity index (χ3v) is 8.79. The molecule has 2 aromatic heterocycles. The van der Waals surface area contributed by atoms with Gasteiger partial charge in [0.05, 0.1) is 13.2 Å². The summed E-state index contributed by atoms with van der Waals surface area (Å²) in [6.45, 7) is 5.25. The zero-order valence-corrected chi connectivity index (χ0v) is 16.9. The predicted molar refractivity (Wildman–Crippen MR) is 105 cm³/mol. The lowest BCUT2D eigenvalue weighted by molar-refractivity contribution is 0.0308. The van der Waals surface area contributed by atoms with E-state index >= 15 is 0 Å². The van der Waals surface area contributed by atoms with E-state index in [0.29, 0.717) is 23.9 Å². The smallest absolute Gasteiger partial charge is 0.252 e. The Balaban J connectivity index is 1.43. The Morgan fingerprint density at radius 1 is 1.19 bits per heavy atom. The summed E-state index contributed by atoms with van der Waals surface area (Å²) in [6, 6.07) is 7.54. The lowest BCUT2D eigenvalue weighted by atomic mass is 9.79. The number of rotatable bonds is 4. The monoisotopic (exact) mass is 407 g/mol. The molecule has 2 aliphatic rings. The lowest BCUT2D eigenvalue weighted by Gasteiger charge is -2.42. The molecule has 27 heavy (non-hydrogen) atoms. The minimum Gasteiger partial charge on any atom is -0.379 e. The van der Waals surface area contributed by atoms with Crippen molar-refractivity contribution in [2.45, 2.75) is 23.6 Å². The van der Waals surface area contributed by atoms with Crippen molar-refractivity contribution in [3.05, 3.63) is 47.6 Å². The molecule has 0 bridgehead atoms. The maximum atomic E-state index is 12.8. The van der Waals surface area contributed by atoms with E-state index in [0.717, 1.165) is 39.1 Å². The van der Waals surface area contributed by atoms with Crippen LogP contribution in [0.5, 0.6) is 0 Å². The Morgan fingerprint density at radius 3 is 2.74 bits per heavy atom. The molecule has 4 heterocycles. The van der Waals surface area contributed by atoms with Gasteiger partial charge < -0.3 is 4.74 Å². The van der Waals surface area contributed by atoms with Crippen LogP contribution in [0.4, 0.5) is 0 Å². The highest BCUT2D eigenvalue weighted by Crippen LogP contribution is 2.37. The molecule has 8 heteroatoms. The van der Waals surface area contributed by atoms with Gasteiger partial charge in [0.1, 0.15) is 4.21 Å². The van der Waals surface area contributed by atoms with Gasteiger partial charge in [-0.15, -0.1) is 11.3 Å². The molecule has 6 nitrogen and oxygen atoms in total. The summed E-state index contributed by atoms with van der Waals surface area (Å²) in [5, 5.41) is 1.81. The summed E-state index contributed by atoms with van der Waals surface area (Å²) in [5.74, 6) is 0. The maximum Gasteiger partial charge on any atom is 0.252 e. The predicted octanol–water partition coefficient (Wildman–Crippen LogP) is 2.45. The Bertz CT molecular complexity index is 832. The fraction of sp³-hybridized carbons (Fsp3) is 0.526. The van der Waals surface area contributed by atoms with E-state index in [-0.39, 0.29) is 5.41 Å². The van der Waals surface area contributed by atoms with Crippen molar-refractivity contribution in [3.63, 3.8) is 0 Å². The zero-order chi connectivity index (χ0) is 18.7. The maximum absolute atomic E-state index is 12.8. The van der Waals surface area contributed by atoms with Gasteiger partial charge in [0.15, 0.2) is 0 Å². The van der Waals surface area contributed by atoms with Crippen LogP contribution in [0.15, 0.2) is 46.2 Å². The van der Waals surface area contributed by atoms with Crippen LogP contribution in [0.1, 0.15) is 18.4 Å². The molecule has 0 radical (unpaired) electrons. The molecule has 2 aliphatic heterocycles. The number of nitrogens with zero attached hydrogens (tertiary/aromatic N) is 3. The molecule has 0 amide bonds. The third-order valence-electron chi connectivity index (χ3n) is 5.52. The largest absolute Gasteiger partial charge is 0.379 e. The molecule has 4 rings (SSSR count). The van der Waals surface area contributed by atoms with Gasteiger partial charge in [-0.2, -0.15) is 4.31 Å². The van der Waals surface area contributed by atoms with Gasteiger partial charge in [-0.05, 0) is 35.9 Å². The summed E-state index contributed by atoms with van der Waals surface area (Å²) >= 11 is 1.29. The van der Waals surface area contributed by atoms with Crippen LogP contribution < -0.4 is 0 Å². The Kier molecular flexibility index (Phi) is 5.61. The van der Waals surface area contributed by atoms with Crippen molar-refractivity contribution in [1.82, 2.24) is 14.2 Å². The fourth-order valence-corrected chi connectivity index (χ4v) is 6.59. The van der Waals surface area contributed by atoms with Crippen molar-refractivity contribution < 1.29 is 13.2 Å². The average Bonchev–Trinajstić information content (AvgIpc) is 3.16. The second-order valence-corrected chi connectivity index (χ2v) is 10.6. The van der Waals surface area contributed by atoms with Crippen LogP contribution in [0.3, 0.4) is 0 Å². The molecule has 146 valence electrons. The van der Waals surface area contributed by atoms with Gasteiger partial charge in [-0.1, -0.05) is 12.1 Å². The standard InChI is InChI=1S/C19H25N3O3S2/c23-27(24,18-4-2-12-26-18)22-8-5-19(6-9-22)15-21(10-11-25-16-19)14-17-3-1-7-20-13-17/h1-4,7,12-13H,5-6,8-11,14-16H2. The first-order valence-corrected chi connectivity index (χ1v) is 11.6. The highest BCUT2D eigenvalue weighted by Gasteiger charge is 2.41. The molecule has 0 aromatic carbocycles. The van der Waals surface area contributed by atoms with Crippen molar-refractivity contribution in [3.8, 4) is 0 Å². The van der Waals surface area contributed by atoms with E-state index in [1.807, 2.05) is 17.6 Å². The summed E-state index contributed by atoms with van der Waals surface area (Å²) in [6.07, 6.45) is 5.37. The Labute approximate surface area is 164 Å². The van der Waals surface area contributed by atoms with Crippen molar-refractivity contribution in [2.24, 2.45) is 5.41 Å². The molecule has 0 N–H and O–H groups in total. The third kappa shape index (κ3) is 4.25. The number of sulfonamides is 1. The average molecular weight is 408 g/mol. The minimum atomic E-state index is -3.36. The van der Waals surface area contributed by atoms with E-state index in [1.54, 1.807) is 22.6 Å². The SMILES string of the molecule is O=S(=O)(c1cccs1)N1CCC2(CC1)COCCN(Cc1cccnc1)C2. The van der Waals surface area contributed by atoms with Crippen LogP contribution in [-0.2, 0) is 21.3 Å². The van der Waals surface area contributed by atoms with Crippen LogP contribution >= 0.6 is 11.3 Å². The molecular formula is C19H25N3O3S2. The molecule has 0 saturated carbocycles. The summed E-state index contributed by atoms with van der Waals surface area (Å²) in [7, 11) is -3.36. The Morgan fingerprint density at radius 2 is 2.04 bits per heavy atom. The van der Waals surface area contributed by atoms with Gasteiger partial charge >= 0.3 is 0 Å². The lowest BCUT2D eigenvalue weighted by Crippen LogP contribution is -2.48. The second kappa shape index (κ2) is 7.97. The van der Waals surface area contributed by atoms with Crippen LogP contribution in [0, 0.1) is 5.41 Å². The van der Waals surface area contributed by atoms with Crippen LogP contribution in [0.25, 0.3) is 0 Å². The van der Waals surface area contributed by atoms with Crippen LogP contribution in [-0.4, -0.2) is 62.0 Å². The number of ether oxygens (including phenoxy) is 1. The number of piperidine rings is 1. The van der Waals surface area contributed by atoms with E-state index in [1.165, 1.54) is 16.9 Å². The van der Waals surface area contributed by atoms with Crippen LogP contribution in [0.2, 0.25) is 0 Å². The highest BCUT2D eigenvalue weighted by atomic mass is 32.2. The van der Waals surface area contributed by atoms with Gasteiger partial charge in [0, 0.05) is 50.5 Å². The number of hydrogen-bond donors (Lipinski definition) is 0. The first kappa shape index (κ1) is 19.0. The first-order valence-electron chi connectivity index (χ1n) is 9.30. The molecule has 2 fully saturated rings. The number of pyridine rings is 1. The molecule has 0 unspecified atom stereocenters. The summed E-state index contributed by atoms with van der Waals surface area (Å²) < 4.78 is 33.6. The van der Waals surface area contributed by atoms with E-state index < -0.39 is 10.0 Å². The summed E-state index contributed by atoms with van der Waals surface area (Å²) in [4.78, 5) is 6.63. The minimum absolute atomic E-state index is 0.0280. The van der Waals surface area contributed by atoms with Gasteiger partial charge in [0.2, 0.25) is 0 Å². The molecule has 2 aromatic rings. The Hall–Kier alpha value is -1.32. The molecule has 1 spiro atoms. The highest BCUT2D eigenvalue weighted by molar-refractivity contribution is 7.91. The normalized spacial score (nSPS) is 21.9. The number of aromatic nitrogens is 1. The summed E-state index contributed by atoms with van der Waals surface area (Å²) in [5.41, 5.74) is 1.23. The van der Waals surface area contributed by atoms with E-state index in [9.17, 15) is 8.42 Å². The molecule has 0 aliphatic carbocycles.